The first-order valence-corrected chi connectivity index (χ1v) is 32.1. The van der Waals surface area contributed by atoms with Crippen LogP contribution in [0.3, 0.4) is 0 Å². The average molecular weight is 1330 g/mol. The standard InChI is InChI=1S/C81H79N5O.Pt/c1-76(2,3)55-38-40-70-65(47-55)81(63-33-22-24-35-68(63)85(59-29-20-17-21-30-59)69-36-25-23-34-64(69)81)66-50-67(80(13,14)15)74(51-72(66)86(70)75-48-56(41-42-82-75)77(4,5)6)87-62-32-26-31-60(49-62)83-52-84(61-45-57(78(7,8)9)44-58(46-61)79(10,11)12)73-43-54(37-39-71(73)83)53-27-18-16-19-28-53;/h16-48,50H,1-15H3;/q-2;. The van der Waals surface area contributed by atoms with Crippen molar-refractivity contribution in [2.75, 3.05) is 9.80 Å². The van der Waals surface area contributed by atoms with E-state index in [2.05, 4.69) is 348 Å². The Morgan fingerprint density at radius 2 is 0.989 bits per heavy atom. The van der Waals surface area contributed by atoms with Gasteiger partial charge in [0.15, 0.2) is 0 Å². The third kappa shape index (κ3) is 10.0. The molecule has 0 radical (unpaired) electrons. The van der Waals surface area contributed by atoms with Crippen molar-refractivity contribution >= 4 is 45.3 Å². The fourth-order valence-corrected chi connectivity index (χ4v) is 14.2. The second-order valence-electron chi connectivity index (χ2n) is 29.2. The normalized spacial score (nSPS) is 14.0. The van der Waals surface area contributed by atoms with E-state index in [4.69, 9.17) is 9.72 Å². The Morgan fingerprint density at radius 1 is 0.409 bits per heavy atom. The van der Waals surface area contributed by atoms with E-state index in [0.29, 0.717) is 11.5 Å². The molecule has 0 N–H and O–H groups in total. The molecule has 0 bridgehead atoms. The van der Waals surface area contributed by atoms with Gasteiger partial charge in [-0.3, -0.25) is 0 Å². The molecule has 2 aromatic heterocycles. The van der Waals surface area contributed by atoms with Crippen LogP contribution in [0.2, 0.25) is 0 Å². The minimum absolute atomic E-state index is 0.0759. The van der Waals surface area contributed by atoms with Gasteiger partial charge in [-0.1, -0.05) is 108 Å². The summed E-state index contributed by atoms with van der Waals surface area (Å²) in [6.45, 7) is 34.5. The summed E-state index contributed by atoms with van der Waals surface area (Å²) in [5.41, 5.74) is 20.7. The molecule has 13 rings (SSSR count). The Kier molecular flexibility index (Phi) is 14.1. The number of anilines is 6. The van der Waals surface area contributed by atoms with Crippen LogP contribution in [0.5, 0.6) is 11.5 Å². The molecule has 0 saturated heterocycles. The molecule has 2 aliphatic rings. The van der Waals surface area contributed by atoms with Gasteiger partial charge in [-0.25, -0.2) is 0 Å². The zero-order chi connectivity index (χ0) is 62.0. The first-order chi connectivity index (χ1) is 41.7. The molecule has 0 saturated carbocycles. The molecule has 2 aliphatic heterocycles. The van der Waals surface area contributed by atoms with E-state index in [1.54, 1.807) is 0 Å². The molecular weight excluding hydrogens is 1250 g/mol. The summed E-state index contributed by atoms with van der Waals surface area (Å²) in [4.78, 5) is 10.1. The van der Waals surface area contributed by atoms with E-state index in [-0.39, 0.29) is 21.7 Å². The molecule has 0 unspecified atom stereocenters. The zero-order valence-electron chi connectivity index (χ0n) is 53.6. The van der Waals surface area contributed by atoms with Crippen LogP contribution in [-0.4, -0.2) is 14.1 Å². The molecule has 4 heterocycles. The van der Waals surface area contributed by atoms with Crippen molar-refractivity contribution in [1.29, 1.82) is 0 Å². The molecule has 1 spiro atoms. The van der Waals surface area contributed by atoms with Gasteiger partial charge in [0.1, 0.15) is 0 Å². The van der Waals surface area contributed by atoms with E-state index in [1.807, 2.05) is 12.3 Å². The second kappa shape index (κ2) is 21.2. The van der Waals surface area contributed by atoms with Gasteiger partial charge in [0.25, 0.3) is 0 Å². The van der Waals surface area contributed by atoms with Crippen molar-refractivity contribution < 1.29 is 24.1 Å². The Balaban J connectivity index is 1.07. The number of hydrogen-bond acceptors (Lipinski definition) is 4. The van der Waals surface area contributed by atoms with E-state index < -0.39 is 10.8 Å². The zero-order valence-corrected chi connectivity index (χ0v) is 55.9. The average Bonchev–Trinajstić information content (AvgIpc) is 0.789. The number of benzene rings is 9. The number of rotatable bonds is 7. The monoisotopic (exact) mass is 1330 g/mol. The molecular formula is C81H79N5OPt-2. The molecule has 0 aliphatic carbocycles. The Labute approximate surface area is 532 Å². The van der Waals surface area contributed by atoms with E-state index in [9.17, 15) is 0 Å². The third-order valence-electron chi connectivity index (χ3n) is 17.9. The summed E-state index contributed by atoms with van der Waals surface area (Å²) in [5, 5.41) is 0. The maximum atomic E-state index is 7.51. The van der Waals surface area contributed by atoms with Crippen LogP contribution in [0.1, 0.15) is 154 Å². The topological polar surface area (TPSA) is 38.5 Å². The molecule has 88 heavy (non-hydrogen) atoms. The molecule has 0 fully saturated rings. The van der Waals surface area contributed by atoms with Crippen molar-refractivity contribution in [1.82, 2.24) is 14.1 Å². The number of pyridine rings is 1. The van der Waals surface area contributed by atoms with Gasteiger partial charge in [0.05, 0.1) is 0 Å². The van der Waals surface area contributed by atoms with Gasteiger partial charge in [-0.15, -0.1) is 0 Å². The van der Waals surface area contributed by atoms with Crippen molar-refractivity contribution in [2.45, 2.75) is 136 Å². The molecule has 0 amide bonds. The predicted octanol–water partition coefficient (Wildman–Crippen LogP) is 21.4. The molecule has 446 valence electrons. The van der Waals surface area contributed by atoms with Crippen LogP contribution in [-0.2, 0) is 51.8 Å². The fourth-order valence-electron chi connectivity index (χ4n) is 13.1. The third-order valence-corrected chi connectivity index (χ3v) is 19.0. The summed E-state index contributed by atoms with van der Waals surface area (Å²) in [6.07, 6.45) is 1.97. The number of aromatic nitrogens is 3. The van der Waals surface area contributed by atoms with Gasteiger partial charge in [-0.2, -0.15) is 0 Å². The van der Waals surface area contributed by atoms with Crippen LogP contribution in [0.25, 0.3) is 33.5 Å². The Morgan fingerprint density at radius 3 is 1.60 bits per heavy atom. The van der Waals surface area contributed by atoms with Crippen molar-refractivity contribution in [3.05, 3.63) is 272 Å². The van der Waals surface area contributed by atoms with Crippen molar-refractivity contribution in [2.24, 2.45) is 0 Å². The first-order valence-electron chi connectivity index (χ1n) is 30.9. The van der Waals surface area contributed by atoms with Gasteiger partial charge in [0.2, 0.25) is 0 Å². The van der Waals surface area contributed by atoms with Crippen LogP contribution in [0.15, 0.2) is 206 Å². The van der Waals surface area contributed by atoms with E-state index in [1.165, 1.54) is 44.5 Å². The van der Waals surface area contributed by atoms with Crippen LogP contribution in [0, 0.1) is 15.9 Å². The number of hydrogen-bond donors (Lipinski definition) is 0. The summed E-state index contributed by atoms with van der Waals surface area (Å²) < 4.78 is 13.3. The summed E-state index contributed by atoms with van der Waals surface area (Å²) >= 11 is 2.53. The molecule has 11 aromatic rings. The number of nitrogens with zero attached hydrogens (tertiary/aromatic N) is 5. The van der Waals surface area contributed by atoms with Crippen molar-refractivity contribution in [3.63, 3.8) is 0 Å². The maximum absolute atomic E-state index is 7.51. The summed E-state index contributed by atoms with van der Waals surface area (Å²) in [7, 11) is 0. The minimum atomic E-state index is -0.842. The van der Waals surface area contributed by atoms with Crippen LogP contribution >= 0.6 is 0 Å². The molecule has 9 aromatic carbocycles. The van der Waals surface area contributed by atoms with Crippen LogP contribution < -0.4 is 14.5 Å². The first kappa shape index (κ1) is 58.7. The molecule has 0 atom stereocenters. The van der Waals surface area contributed by atoms with Gasteiger partial charge in [-0.05, 0) is 52.3 Å². The molecule has 6 nitrogen and oxygen atoms in total. The summed E-state index contributed by atoms with van der Waals surface area (Å²) in [5.74, 6) is 2.03. The van der Waals surface area contributed by atoms with Gasteiger partial charge in [0, 0.05) is 23.3 Å². The number of fused-ring (bicyclic) bond motifs is 9. The number of para-hydroxylation sites is 3. The Hall–Kier alpha value is -8.31. The van der Waals surface area contributed by atoms with Crippen LogP contribution in [0.4, 0.5) is 34.3 Å². The van der Waals surface area contributed by atoms with Gasteiger partial charge >= 0.3 is 347 Å². The van der Waals surface area contributed by atoms with E-state index in [0.717, 1.165) is 77.2 Å². The second-order valence-corrected chi connectivity index (χ2v) is 30.2. The quantitative estimate of drug-likeness (QED) is 0.149. The number of imidazole rings is 1. The van der Waals surface area contributed by atoms with Gasteiger partial charge < -0.3 is 4.90 Å². The predicted molar refractivity (Wildman–Crippen MR) is 362 cm³/mol. The van der Waals surface area contributed by atoms with E-state index >= 15 is 0 Å². The molecule has 7 heteroatoms. The van der Waals surface area contributed by atoms with Crippen molar-refractivity contribution in [3.8, 4) is 34.0 Å². The SMILES string of the molecule is CC(C)(C)c1cc(-n2[c](=[Pt])n(-c3[c-]c(Oc4[c-]c5c(cc4C(C)(C)C)C4(c6cc(C(C)(C)C)ccc6N5c5cc(C(C)(C)C)ccn5)c5ccccc5N(c5ccccc5)c5ccccc54)ccc3)c3ccc(-c4ccccc4)cc32)cc(C(C)(C)C)c1. The summed E-state index contributed by atoms with van der Waals surface area (Å²) in [6, 6.07) is 82.0. The Bertz CT molecular complexity index is 4510. The fraction of sp³-hybridized carbons (Fsp3) is 0.259. The number of ether oxygens (including phenoxy) is 1.